The maximum Gasteiger partial charge on any atom is 0.270 e. The van der Waals surface area contributed by atoms with Crippen molar-refractivity contribution in [3.63, 3.8) is 0 Å². The molecule has 2 aromatic carbocycles. The van der Waals surface area contributed by atoms with Crippen LogP contribution in [0, 0.1) is 0 Å². The summed E-state index contributed by atoms with van der Waals surface area (Å²) in [5.41, 5.74) is 3.31. The molecule has 3 rings (SSSR count). The predicted octanol–water partition coefficient (Wildman–Crippen LogP) is 4.19. The molecule has 0 radical (unpaired) electrons. The molecule has 0 spiro atoms. The zero-order chi connectivity index (χ0) is 20.6. The largest absolute Gasteiger partial charge is 0.493 e. The summed E-state index contributed by atoms with van der Waals surface area (Å²) < 4.78 is 10.5. The van der Waals surface area contributed by atoms with Gasteiger partial charge in [0.1, 0.15) is 5.69 Å². The molecular weight excluding hydrogens is 366 g/mol. The summed E-state index contributed by atoms with van der Waals surface area (Å²) >= 11 is 0. The van der Waals surface area contributed by atoms with Crippen LogP contribution in [0.4, 0.5) is 11.4 Å². The Kier molecular flexibility index (Phi) is 6.68. The first-order valence-electron chi connectivity index (χ1n) is 9.44. The third-order valence-electron chi connectivity index (χ3n) is 4.58. The van der Waals surface area contributed by atoms with Crippen LogP contribution in [0.3, 0.4) is 0 Å². The van der Waals surface area contributed by atoms with Gasteiger partial charge in [0.15, 0.2) is 11.5 Å². The Morgan fingerprint density at radius 3 is 2.34 bits per heavy atom. The quantitative estimate of drug-likeness (QED) is 0.624. The summed E-state index contributed by atoms with van der Waals surface area (Å²) in [6.07, 6.45) is 1.72. The van der Waals surface area contributed by atoms with Crippen molar-refractivity contribution in [3.05, 3.63) is 78.1 Å². The fraction of sp³-hybridized carbons (Fsp3) is 0.217. The number of hydrogen-bond acceptors (Lipinski definition) is 5. The average molecular weight is 391 g/mol. The number of rotatable bonds is 8. The van der Waals surface area contributed by atoms with Gasteiger partial charge < -0.3 is 19.7 Å². The first-order chi connectivity index (χ1) is 14.2. The van der Waals surface area contributed by atoms with Crippen LogP contribution >= 0.6 is 0 Å². The SMILES string of the molecule is CCN(c1ccccc1)c1ccc(C(=O)NCc2ccc(OC)c(OC)c2)nc1. The molecule has 0 fully saturated rings. The van der Waals surface area contributed by atoms with Crippen molar-refractivity contribution in [1.29, 1.82) is 0 Å². The second-order valence-corrected chi connectivity index (χ2v) is 6.35. The van der Waals surface area contributed by atoms with Crippen LogP contribution in [0.5, 0.6) is 11.5 Å². The number of ether oxygens (including phenoxy) is 2. The topological polar surface area (TPSA) is 63.7 Å². The molecule has 6 nitrogen and oxygen atoms in total. The van der Waals surface area contributed by atoms with Crippen LogP contribution < -0.4 is 19.7 Å². The van der Waals surface area contributed by atoms with E-state index in [0.717, 1.165) is 23.5 Å². The Balaban J connectivity index is 1.66. The van der Waals surface area contributed by atoms with Gasteiger partial charge in [-0.25, -0.2) is 4.98 Å². The number of carbonyl (C=O) groups excluding carboxylic acids is 1. The van der Waals surface area contributed by atoms with Gasteiger partial charge in [-0.05, 0) is 48.9 Å². The first kappa shape index (κ1) is 20.2. The van der Waals surface area contributed by atoms with Crippen molar-refractivity contribution in [2.45, 2.75) is 13.5 Å². The molecule has 1 amide bonds. The molecule has 0 unspecified atom stereocenters. The van der Waals surface area contributed by atoms with Crippen molar-refractivity contribution in [2.24, 2.45) is 0 Å². The van der Waals surface area contributed by atoms with Gasteiger partial charge in [0.05, 0.1) is 26.1 Å². The average Bonchev–Trinajstić information content (AvgIpc) is 2.79. The van der Waals surface area contributed by atoms with E-state index in [0.29, 0.717) is 23.7 Å². The van der Waals surface area contributed by atoms with Gasteiger partial charge in [0.25, 0.3) is 5.91 Å². The van der Waals surface area contributed by atoms with E-state index < -0.39 is 0 Å². The summed E-state index contributed by atoms with van der Waals surface area (Å²) in [6.45, 7) is 3.25. The molecular formula is C23H25N3O3. The van der Waals surface area contributed by atoms with E-state index in [-0.39, 0.29) is 5.91 Å². The molecule has 3 aromatic rings. The maximum absolute atomic E-state index is 12.5. The van der Waals surface area contributed by atoms with Gasteiger partial charge in [-0.2, -0.15) is 0 Å². The molecule has 0 atom stereocenters. The van der Waals surface area contributed by atoms with E-state index in [1.165, 1.54) is 0 Å². The summed E-state index contributed by atoms with van der Waals surface area (Å²) in [4.78, 5) is 19.0. The van der Waals surface area contributed by atoms with Crippen LogP contribution in [0.1, 0.15) is 23.0 Å². The highest BCUT2D eigenvalue weighted by atomic mass is 16.5. The number of carbonyl (C=O) groups is 1. The molecule has 0 saturated heterocycles. The van der Waals surface area contributed by atoms with Crippen LogP contribution in [0.2, 0.25) is 0 Å². The molecule has 0 aliphatic rings. The Bertz CT molecular complexity index is 943. The number of para-hydroxylation sites is 1. The number of aromatic nitrogens is 1. The number of nitrogens with one attached hydrogen (secondary N) is 1. The number of pyridine rings is 1. The van der Waals surface area contributed by atoms with Gasteiger partial charge >= 0.3 is 0 Å². The van der Waals surface area contributed by atoms with E-state index in [9.17, 15) is 4.79 Å². The molecule has 0 bridgehead atoms. The van der Waals surface area contributed by atoms with E-state index in [2.05, 4.69) is 22.1 Å². The highest BCUT2D eigenvalue weighted by Crippen LogP contribution is 2.27. The zero-order valence-electron chi connectivity index (χ0n) is 16.9. The van der Waals surface area contributed by atoms with Crippen molar-refractivity contribution in [2.75, 3.05) is 25.7 Å². The van der Waals surface area contributed by atoms with Crippen molar-refractivity contribution in [3.8, 4) is 11.5 Å². The third kappa shape index (κ3) is 4.85. The number of nitrogens with zero attached hydrogens (tertiary/aromatic N) is 2. The summed E-state index contributed by atoms with van der Waals surface area (Å²) in [5, 5.41) is 2.89. The summed E-state index contributed by atoms with van der Waals surface area (Å²) in [7, 11) is 3.17. The third-order valence-corrected chi connectivity index (χ3v) is 4.58. The standard InChI is InChI=1S/C23H25N3O3/c1-4-26(18-8-6-5-7-9-18)19-11-12-20(24-16-19)23(27)25-15-17-10-13-21(28-2)22(14-17)29-3/h5-14,16H,4,15H2,1-3H3,(H,25,27). The summed E-state index contributed by atoms with van der Waals surface area (Å²) in [6, 6.07) is 19.3. The second kappa shape index (κ2) is 9.59. The highest BCUT2D eigenvalue weighted by Gasteiger charge is 2.11. The molecule has 0 saturated carbocycles. The van der Waals surface area contributed by atoms with Gasteiger partial charge in [-0.15, -0.1) is 0 Å². The number of methoxy groups -OCH3 is 2. The van der Waals surface area contributed by atoms with Crippen LogP contribution in [0.15, 0.2) is 66.9 Å². The number of amides is 1. The van der Waals surface area contributed by atoms with Crippen LogP contribution in [0.25, 0.3) is 0 Å². The lowest BCUT2D eigenvalue weighted by Crippen LogP contribution is -2.24. The lowest BCUT2D eigenvalue weighted by atomic mass is 10.2. The normalized spacial score (nSPS) is 10.3. The van der Waals surface area contributed by atoms with Gasteiger partial charge in [-0.1, -0.05) is 24.3 Å². The molecule has 6 heteroatoms. The van der Waals surface area contributed by atoms with Crippen molar-refractivity contribution >= 4 is 17.3 Å². The number of anilines is 2. The van der Waals surface area contributed by atoms with Gasteiger partial charge in [-0.3, -0.25) is 4.79 Å². The summed E-state index contributed by atoms with van der Waals surface area (Å²) in [5.74, 6) is 1.05. The van der Waals surface area contributed by atoms with Gasteiger partial charge in [0, 0.05) is 18.8 Å². The molecule has 1 N–H and O–H groups in total. The smallest absolute Gasteiger partial charge is 0.270 e. The molecule has 1 aromatic heterocycles. The van der Waals surface area contributed by atoms with Crippen LogP contribution in [-0.4, -0.2) is 31.7 Å². The molecule has 1 heterocycles. The molecule has 150 valence electrons. The fourth-order valence-electron chi connectivity index (χ4n) is 3.07. The Labute approximate surface area is 171 Å². The second-order valence-electron chi connectivity index (χ2n) is 6.35. The Morgan fingerprint density at radius 1 is 0.966 bits per heavy atom. The van der Waals surface area contributed by atoms with E-state index >= 15 is 0 Å². The molecule has 29 heavy (non-hydrogen) atoms. The van der Waals surface area contributed by atoms with E-state index in [4.69, 9.17) is 9.47 Å². The van der Waals surface area contributed by atoms with E-state index in [1.807, 2.05) is 54.6 Å². The number of benzene rings is 2. The molecule has 0 aliphatic heterocycles. The first-order valence-corrected chi connectivity index (χ1v) is 9.44. The Hall–Kier alpha value is -3.54. The predicted molar refractivity (Wildman–Crippen MR) is 114 cm³/mol. The van der Waals surface area contributed by atoms with Crippen molar-refractivity contribution < 1.29 is 14.3 Å². The van der Waals surface area contributed by atoms with E-state index in [1.54, 1.807) is 26.5 Å². The minimum absolute atomic E-state index is 0.228. The maximum atomic E-state index is 12.5. The van der Waals surface area contributed by atoms with Gasteiger partial charge in [0.2, 0.25) is 0 Å². The van der Waals surface area contributed by atoms with Crippen molar-refractivity contribution in [1.82, 2.24) is 10.3 Å². The van der Waals surface area contributed by atoms with Crippen LogP contribution in [-0.2, 0) is 6.54 Å². The highest BCUT2D eigenvalue weighted by molar-refractivity contribution is 5.92. The Morgan fingerprint density at radius 2 is 1.72 bits per heavy atom. The number of hydrogen-bond donors (Lipinski definition) is 1. The minimum Gasteiger partial charge on any atom is -0.493 e. The fourth-order valence-corrected chi connectivity index (χ4v) is 3.07. The lowest BCUT2D eigenvalue weighted by molar-refractivity contribution is 0.0946. The molecule has 0 aliphatic carbocycles. The zero-order valence-corrected chi connectivity index (χ0v) is 16.9. The lowest BCUT2D eigenvalue weighted by Gasteiger charge is -2.22. The monoisotopic (exact) mass is 391 g/mol. The minimum atomic E-state index is -0.228.